The standard InChI is InChI=1S/C14H21N3O3/c1-10(2)20-13-5-3-4-12(14(13)17(18)19)16-8-6-11(15)7-9-16/h3-5,10-11H,6-9,15H2,1-2H3. The third-order valence-electron chi connectivity index (χ3n) is 3.40. The van der Waals surface area contributed by atoms with Gasteiger partial charge in [-0.25, -0.2) is 0 Å². The molecule has 1 aromatic carbocycles. The first-order valence-corrected chi connectivity index (χ1v) is 6.93. The molecule has 1 fully saturated rings. The average molecular weight is 279 g/mol. The summed E-state index contributed by atoms with van der Waals surface area (Å²) in [4.78, 5) is 13.1. The molecule has 2 rings (SSSR count). The summed E-state index contributed by atoms with van der Waals surface area (Å²) >= 11 is 0. The van der Waals surface area contributed by atoms with Crippen LogP contribution in [0.3, 0.4) is 0 Å². The van der Waals surface area contributed by atoms with Crippen LogP contribution in [0.5, 0.6) is 5.75 Å². The highest BCUT2D eigenvalue weighted by Crippen LogP contribution is 2.38. The highest BCUT2D eigenvalue weighted by atomic mass is 16.6. The van der Waals surface area contributed by atoms with Gasteiger partial charge in [0.1, 0.15) is 5.69 Å². The number of nitro benzene ring substituents is 1. The minimum absolute atomic E-state index is 0.0525. The van der Waals surface area contributed by atoms with Crippen molar-refractivity contribution in [2.24, 2.45) is 5.73 Å². The van der Waals surface area contributed by atoms with Crippen LogP contribution in [0.2, 0.25) is 0 Å². The van der Waals surface area contributed by atoms with Crippen molar-refractivity contribution in [2.75, 3.05) is 18.0 Å². The van der Waals surface area contributed by atoms with Gasteiger partial charge < -0.3 is 15.4 Å². The normalized spacial score (nSPS) is 16.5. The van der Waals surface area contributed by atoms with E-state index in [2.05, 4.69) is 0 Å². The number of piperidine rings is 1. The van der Waals surface area contributed by atoms with E-state index in [1.165, 1.54) is 0 Å². The van der Waals surface area contributed by atoms with Crippen LogP contribution < -0.4 is 15.4 Å². The van der Waals surface area contributed by atoms with Gasteiger partial charge in [-0.3, -0.25) is 10.1 Å². The molecule has 1 saturated heterocycles. The Morgan fingerprint density at radius 2 is 2.05 bits per heavy atom. The van der Waals surface area contributed by atoms with Gasteiger partial charge in [-0.05, 0) is 38.8 Å². The minimum atomic E-state index is -0.360. The molecule has 0 aromatic heterocycles. The highest BCUT2D eigenvalue weighted by Gasteiger charge is 2.27. The fourth-order valence-corrected chi connectivity index (χ4v) is 2.44. The lowest BCUT2D eigenvalue weighted by Crippen LogP contribution is -2.39. The quantitative estimate of drug-likeness (QED) is 0.675. The molecule has 2 N–H and O–H groups in total. The van der Waals surface area contributed by atoms with Crippen LogP contribution in [-0.2, 0) is 0 Å². The minimum Gasteiger partial charge on any atom is -0.484 e. The van der Waals surface area contributed by atoms with E-state index in [1.54, 1.807) is 18.2 Å². The molecule has 1 aliphatic heterocycles. The maximum absolute atomic E-state index is 11.4. The van der Waals surface area contributed by atoms with Crippen molar-refractivity contribution in [3.8, 4) is 5.75 Å². The van der Waals surface area contributed by atoms with Gasteiger partial charge >= 0.3 is 5.69 Å². The highest BCUT2D eigenvalue weighted by molar-refractivity contribution is 5.70. The molecule has 0 unspecified atom stereocenters. The molecule has 1 aliphatic rings. The molecule has 0 radical (unpaired) electrons. The fourth-order valence-electron chi connectivity index (χ4n) is 2.44. The van der Waals surface area contributed by atoms with Gasteiger partial charge in [0.25, 0.3) is 0 Å². The lowest BCUT2D eigenvalue weighted by Gasteiger charge is -2.31. The van der Waals surface area contributed by atoms with Crippen molar-refractivity contribution in [2.45, 2.75) is 38.8 Å². The van der Waals surface area contributed by atoms with Crippen LogP contribution >= 0.6 is 0 Å². The summed E-state index contributed by atoms with van der Waals surface area (Å²) in [6.07, 6.45) is 1.61. The zero-order valence-electron chi connectivity index (χ0n) is 11.9. The summed E-state index contributed by atoms with van der Waals surface area (Å²) in [7, 11) is 0. The Morgan fingerprint density at radius 1 is 1.40 bits per heavy atom. The fraction of sp³-hybridized carbons (Fsp3) is 0.571. The van der Waals surface area contributed by atoms with Gasteiger partial charge in [0, 0.05) is 19.1 Å². The van der Waals surface area contributed by atoms with E-state index in [0.717, 1.165) is 25.9 Å². The van der Waals surface area contributed by atoms with Crippen LogP contribution in [0.1, 0.15) is 26.7 Å². The van der Waals surface area contributed by atoms with Crippen molar-refractivity contribution >= 4 is 11.4 Å². The zero-order chi connectivity index (χ0) is 14.7. The van der Waals surface area contributed by atoms with Gasteiger partial charge in [-0.1, -0.05) is 6.07 Å². The van der Waals surface area contributed by atoms with Crippen molar-refractivity contribution in [1.29, 1.82) is 0 Å². The maximum atomic E-state index is 11.4. The van der Waals surface area contributed by atoms with E-state index in [-0.39, 0.29) is 22.8 Å². The lowest BCUT2D eigenvalue weighted by atomic mass is 10.0. The van der Waals surface area contributed by atoms with Crippen LogP contribution in [0.4, 0.5) is 11.4 Å². The van der Waals surface area contributed by atoms with Gasteiger partial charge in [-0.15, -0.1) is 0 Å². The van der Waals surface area contributed by atoms with Crippen molar-refractivity contribution in [3.05, 3.63) is 28.3 Å². The van der Waals surface area contributed by atoms with Gasteiger partial charge in [0.2, 0.25) is 0 Å². The van der Waals surface area contributed by atoms with E-state index in [0.29, 0.717) is 11.4 Å². The Kier molecular flexibility index (Phi) is 4.44. The molecule has 1 aromatic rings. The molecule has 110 valence electrons. The van der Waals surface area contributed by atoms with E-state index in [9.17, 15) is 10.1 Å². The van der Waals surface area contributed by atoms with Crippen LogP contribution in [-0.4, -0.2) is 30.2 Å². The summed E-state index contributed by atoms with van der Waals surface area (Å²) in [6, 6.07) is 5.43. The first-order valence-electron chi connectivity index (χ1n) is 6.93. The Bertz CT molecular complexity index is 483. The molecule has 20 heavy (non-hydrogen) atoms. The second kappa shape index (κ2) is 6.09. The predicted molar refractivity (Wildman–Crippen MR) is 78.3 cm³/mol. The first kappa shape index (κ1) is 14.6. The van der Waals surface area contributed by atoms with Gasteiger partial charge in [0.05, 0.1) is 11.0 Å². The Morgan fingerprint density at radius 3 is 2.60 bits per heavy atom. The Balaban J connectivity index is 2.34. The number of rotatable bonds is 4. The molecule has 0 spiro atoms. The number of hydrogen-bond donors (Lipinski definition) is 1. The molecular weight excluding hydrogens is 258 g/mol. The molecule has 0 bridgehead atoms. The van der Waals surface area contributed by atoms with E-state index in [4.69, 9.17) is 10.5 Å². The molecular formula is C14H21N3O3. The molecule has 6 heteroatoms. The third-order valence-corrected chi connectivity index (χ3v) is 3.40. The largest absolute Gasteiger partial charge is 0.484 e. The number of anilines is 1. The SMILES string of the molecule is CC(C)Oc1cccc(N2CCC(N)CC2)c1[N+](=O)[O-]. The number of para-hydroxylation sites is 1. The summed E-state index contributed by atoms with van der Waals surface area (Å²) < 4.78 is 5.57. The number of nitrogens with zero attached hydrogens (tertiary/aromatic N) is 2. The van der Waals surface area contributed by atoms with Crippen molar-refractivity contribution in [1.82, 2.24) is 0 Å². The summed E-state index contributed by atoms with van der Waals surface area (Å²) in [5, 5.41) is 11.4. The Hall–Kier alpha value is -1.82. The average Bonchev–Trinajstić information content (AvgIpc) is 2.38. The smallest absolute Gasteiger partial charge is 0.333 e. The molecule has 0 amide bonds. The van der Waals surface area contributed by atoms with Crippen molar-refractivity contribution < 1.29 is 9.66 Å². The Labute approximate surface area is 118 Å². The van der Waals surface area contributed by atoms with E-state index < -0.39 is 0 Å². The first-order chi connectivity index (χ1) is 9.49. The molecule has 0 atom stereocenters. The van der Waals surface area contributed by atoms with E-state index in [1.807, 2.05) is 18.7 Å². The molecule has 0 aliphatic carbocycles. The monoisotopic (exact) mass is 279 g/mol. The summed E-state index contributed by atoms with van der Waals surface area (Å²) in [5.74, 6) is 0.331. The van der Waals surface area contributed by atoms with Crippen LogP contribution in [0.15, 0.2) is 18.2 Å². The van der Waals surface area contributed by atoms with Crippen LogP contribution in [0, 0.1) is 10.1 Å². The second-order valence-corrected chi connectivity index (χ2v) is 5.37. The lowest BCUT2D eigenvalue weighted by molar-refractivity contribution is -0.385. The summed E-state index contributed by atoms with van der Waals surface area (Å²) in [6.45, 7) is 5.20. The van der Waals surface area contributed by atoms with Gasteiger partial charge in [-0.2, -0.15) is 0 Å². The second-order valence-electron chi connectivity index (χ2n) is 5.37. The number of hydrogen-bond acceptors (Lipinski definition) is 5. The molecule has 1 heterocycles. The predicted octanol–water partition coefficient (Wildman–Crippen LogP) is 2.31. The summed E-state index contributed by atoms with van der Waals surface area (Å²) in [5.41, 5.74) is 6.56. The van der Waals surface area contributed by atoms with Crippen molar-refractivity contribution in [3.63, 3.8) is 0 Å². The molecule has 0 saturated carbocycles. The number of ether oxygens (including phenoxy) is 1. The number of nitro groups is 1. The van der Waals surface area contributed by atoms with Crippen LogP contribution in [0.25, 0.3) is 0 Å². The zero-order valence-corrected chi connectivity index (χ0v) is 11.9. The topological polar surface area (TPSA) is 81.6 Å². The third kappa shape index (κ3) is 3.19. The molecule has 6 nitrogen and oxygen atoms in total. The number of benzene rings is 1. The van der Waals surface area contributed by atoms with E-state index >= 15 is 0 Å². The van der Waals surface area contributed by atoms with Gasteiger partial charge in [0.15, 0.2) is 5.75 Å². The maximum Gasteiger partial charge on any atom is 0.333 e. The number of nitrogens with two attached hydrogens (primary N) is 1.